The zero-order valence-electron chi connectivity index (χ0n) is 9.69. The number of carbonyl (C=O) groups is 1. The van der Waals surface area contributed by atoms with E-state index < -0.39 is 0 Å². The number of ether oxygens (including phenoxy) is 1. The summed E-state index contributed by atoms with van der Waals surface area (Å²) in [6.07, 6.45) is 1.05. The van der Waals surface area contributed by atoms with Gasteiger partial charge in [0.15, 0.2) is 0 Å². The minimum Gasteiger partial charge on any atom is -0.468 e. The van der Waals surface area contributed by atoms with Gasteiger partial charge in [-0.3, -0.25) is 4.79 Å². The first-order valence-corrected chi connectivity index (χ1v) is 5.61. The van der Waals surface area contributed by atoms with E-state index in [0.29, 0.717) is 5.92 Å². The van der Waals surface area contributed by atoms with Gasteiger partial charge in [-0.15, -0.1) is 0 Å². The van der Waals surface area contributed by atoms with Crippen LogP contribution in [0.5, 0.6) is 0 Å². The quantitative estimate of drug-likeness (QED) is 0.790. The monoisotopic (exact) mass is 219 g/mol. The fraction of sp³-hybridized carbons (Fsp3) is 0.462. The van der Waals surface area contributed by atoms with Crippen LogP contribution in [-0.4, -0.2) is 19.6 Å². The molecule has 0 aromatic heterocycles. The zero-order valence-corrected chi connectivity index (χ0v) is 9.69. The molecular formula is C13H17NO2. The molecule has 1 aliphatic rings. The largest absolute Gasteiger partial charge is 0.468 e. The SMILES string of the molecule is COC(=O)CNC1CC(C)c2ccccc21. The van der Waals surface area contributed by atoms with Gasteiger partial charge in [-0.1, -0.05) is 31.2 Å². The summed E-state index contributed by atoms with van der Waals surface area (Å²) in [4.78, 5) is 11.1. The van der Waals surface area contributed by atoms with E-state index in [1.54, 1.807) is 0 Å². The van der Waals surface area contributed by atoms with Gasteiger partial charge >= 0.3 is 5.97 Å². The maximum atomic E-state index is 11.1. The van der Waals surface area contributed by atoms with Crippen molar-refractivity contribution < 1.29 is 9.53 Å². The highest BCUT2D eigenvalue weighted by molar-refractivity contribution is 5.71. The van der Waals surface area contributed by atoms with Crippen molar-refractivity contribution in [2.75, 3.05) is 13.7 Å². The molecular weight excluding hydrogens is 202 g/mol. The zero-order chi connectivity index (χ0) is 11.5. The van der Waals surface area contributed by atoms with Crippen LogP contribution in [0.4, 0.5) is 0 Å². The molecule has 1 N–H and O–H groups in total. The minimum absolute atomic E-state index is 0.211. The number of nitrogens with one attached hydrogen (secondary N) is 1. The lowest BCUT2D eigenvalue weighted by Gasteiger charge is -2.12. The molecule has 0 heterocycles. The topological polar surface area (TPSA) is 38.3 Å². The molecule has 0 aliphatic heterocycles. The van der Waals surface area contributed by atoms with Crippen molar-refractivity contribution in [3.63, 3.8) is 0 Å². The predicted molar refractivity (Wildman–Crippen MR) is 62.2 cm³/mol. The Balaban J connectivity index is 2.06. The molecule has 2 rings (SSSR count). The van der Waals surface area contributed by atoms with Gasteiger partial charge in [0.2, 0.25) is 0 Å². The summed E-state index contributed by atoms with van der Waals surface area (Å²) in [7, 11) is 1.41. The summed E-state index contributed by atoms with van der Waals surface area (Å²) in [5, 5.41) is 3.24. The predicted octanol–water partition coefficient (Wildman–Crippen LogP) is 2.00. The molecule has 0 saturated carbocycles. The van der Waals surface area contributed by atoms with Crippen LogP contribution in [0.1, 0.15) is 36.4 Å². The molecule has 1 aromatic rings. The highest BCUT2D eigenvalue weighted by Crippen LogP contribution is 2.39. The second kappa shape index (κ2) is 4.66. The lowest BCUT2D eigenvalue weighted by Crippen LogP contribution is -2.27. The summed E-state index contributed by atoms with van der Waals surface area (Å²) >= 11 is 0. The van der Waals surface area contributed by atoms with Gasteiger partial charge < -0.3 is 10.1 Å². The van der Waals surface area contributed by atoms with E-state index in [4.69, 9.17) is 0 Å². The number of hydrogen-bond acceptors (Lipinski definition) is 3. The molecule has 1 aliphatic carbocycles. The maximum Gasteiger partial charge on any atom is 0.319 e. The number of rotatable bonds is 3. The van der Waals surface area contributed by atoms with Gasteiger partial charge in [0, 0.05) is 6.04 Å². The van der Waals surface area contributed by atoms with Crippen LogP contribution in [0, 0.1) is 0 Å². The van der Waals surface area contributed by atoms with Crippen LogP contribution < -0.4 is 5.32 Å². The summed E-state index contributed by atoms with van der Waals surface area (Å²) in [6.45, 7) is 2.50. The van der Waals surface area contributed by atoms with Gasteiger partial charge in [-0.05, 0) is 23.5 Å². The Labute approximate surface area is 95.8 Å². The third-order valence-corrected chi connectivity index (χ3v) is 3.21. The van der Waals surface area contributed by atoms with E-state index in [2.05, 4.69) is 35.2 Å². The summed E-state index contributed by atoms with van der Waals surface area (Å²) in [5.74, 6) is 0.350. The second-order valence-corrected chi connectivity index (χ2v) is 4.28. The Hall–Kier alpha value is -1.35. The summed E-state index contributed by atoms with van der Waals surface area (Å²) in [6, 6.07) is 8.69. The third-order valence-electron chi connectivity index (χ3n) is 3.21. The van der Waals surface area contributed by atoms with E-state index in [-0.39, 0.29) is 18.6 Å². The first-order valence-electron chi connectivity index (χ1n) is 5.61. The molecule has 0 amide bonds. The van der Waals surface area contributed by atoms with Crippen LogP contribution in [0.3, 0.4) is 0 Å². The number of esters is 1. The summed E-state index contributed by atoms with van der Waals surface area (Å²) in [5.41, 5.74) is 2.71. The number of fused-ring (bicyclic) bond motifs is 1. The molecule has 0 fully saturated rings. The minimum atomic E-state index is -0.211. The first-order chi connectivity index (χ1) is 7.72. The smallest absolute Gasteiger partial charge is 0.319 e. The first kappa shape index (κ1) is 11.1. The van der Waals surface area contributed by atoms with Crippen LogP contribution in [0.25, 0.3) is 0 Å². The van der Waals surface area contributed by atoms with Crippen molar-refractivity contribution in [3.05, 3.63) is 35.4 Å². The Kier molecular flexibility index (Phi) is 3.25. The van der Waals surface area contributed by atoms with Crippen molar-refractivity contribution >= 4 is 5.97 Å². The third kappa shape index (κ3) is 2.09. The van der Waals surface area contributed by atoms with E-state index in [9.17, 15) is 4.79 Å². The fourth-order valence-corrected chi connectivity index (χ4v) is 2.36. The van der Waals surface area contributed by atoms with Crippen molar-refractivity contribution in [1.82, 2.24) is 5.32 Å². The highest BCUT2D eigenvalue weighted by Gasteiger charge is 2.27. The summed E-state index contributed by atoms with van der Waals surface area (Å²) < 4.78 is 4.62. The average Bonchev–Trinajstić information content (AvgIpc) is 2.64. The van der Waals surface area contributed by atoms with Crippen molar-refractivity contribution in [3.8, 4) is 0 Å². The molecule has 1 aromatic carbocycles. The molecule has 2 atom stereocenters. The van der Waals surface area contributed by atoms with E-state index in [1.165, 1.54) is 18.2 Å². The Morgan fingerprint density at radius 3 is 2.81 bits per heavy atom. The lowest BCUT2D eigenvalue weighted by molar-refractivity contribution is -0.139. The van der Waals surface area contributed by atoms with Gasteiger partial charge in [0.25, 0.3) is 0 Å². The van der Waals surface area contributed by atoms with Crippen molar-refractivity contribution in [2.24, 2.45) is 0 Å². The number of hydrogen-bond donors (Lipinski definition) is 1. The van der Waals surface area contributed by atoms with Crippen LogP contribution >= 0.6 is 0 Å². The molecule has 16 heavy (non-hydrogen) atoms. The Bertz CT molecular complexity index is 389. The molecule has 0 bridgehead atoms. The van der Waals surface area contributed by atoms with E-state index in [1.807, 2.05) is 6.07 Å². The molecule has 86 valence electrons. The van der Waals surface area contributed by atoms with Gasteiger partial charge in [0.05, 0.1) is 13.7 Å². The number of benzene rings is 1. The van der Waals surface area contributed by atoms with E-state index >= 15 is 0 Å². The average molecular weight is 219 g/mol. The maximum absolute atomic E-state index is 11.1. The van der Waals surface area contributed by atoms with Crippen LogP contribution in [0.15, 0.2) is 24.3 Å². The normalized spacial score (nSPS) is 22.9. The van der Waals surface area contributed by atoms with Crippen molar-refractivity contribution in [2.45, 2.75) is 25.3 Å². The highest BCUT2D eigenvalue weighted by atomic mass is 16.5. The number of methoxy groups -OCH3 is 1. The van der Waals surface area contributed by atoms with Crippen molar-refractivity contribution in [1.29, 1.82) is 0 Å². The molecule has 0 radical (unpaired) electrons. The second-order valence-electron chi connectivity index (χ2n) is 4.28. The molecule has 0 spiro atoms. The van der Waals surface area contributed by atoms with Gasteiger partial charge in [-0.2, -0.15) is 0 Å². The lowest BCUT2D eigenvalue weighted by atomic mass is 10.0. The number of carbonyl (C=O) groups excluding carboxylic acids is 1. The Morgan fingerprint density at radius 1 is 1.44 bits per heavy atom. The van der Waals surface area contributed by atoms with Gasteiger partial charge in [0.1, 0.15) is 0 Å². The molecule has 0 saturated heterocycles. The standard InChI is InChI=1S/C13H17NO2/c1-9-7-12(14-8-13(15)16-2)11-6-4-3-5-10(9)11/h3-6,9,12,14H,7-8H2,1-2H3. The molecule has 3 nitrogen and oxygen atoms in total. The van der Waals surface area contributed by atoms with Crippen LogP contribution in [-0.2, 0) is 9.53 Å². The fourth-order valence-electron chi connectivity index (χ4n) is 2.36. The Morgan fingerprint density at radius 2 is 2.12 bits per heavy atom. The molecule has 3 heteroatoms. The van der Waals surface area contributed by atoms with E-state index in [0.717, 1.165) is 6.42 Å². The molecule has 2 unspecified atom stereocenters. The van der Waals surface area contributed by atoms with Gasteiger partial charge in [-0.25, -0.2) is 0 Å². The van der Waals surface area contributed by atoms with Crippen LogP contribution in [0.2, 0.25) is 0 Å².